The summed E-state index contributed by atoms with van der Waals surface area (Å²) in [5.41, 5.74) is -2.41. The molecule has 28 heavy (non-hydrogen) atoms. The topological polar surface area (TPSA) is 102 Å². The molecular formula is C21H30O7. The lowest BCUT2D eigenvalue weighted by atomic mass is 9.43. The Balaban J connectivity index is 1.66. The van der Waals surface area contributed by atoms with Crippen LogP contribution < -0.4 is 0 Å². The molecule has 5 rings (SSSR count). The Morgan fingerprint density at radius 1 is 1.21 bits per heavy atom. The van der Waals surface area contributed by atoms with Gasteiger partial charge in [-0.15, -0.1) is 0 Å². The molecule has 2 aliphatic heterocycles. The molecule has 0 amide bonds. The third-order valence-electron chi connectivity index (χ3n) is 9.02. The molecule has 7 heteroatoms. The smallest absolute Gasteiger partial charge is 0.320 e. The third-order valence-corrected chi connectivity index (χ3v) is 9.02. The van der Waals surface area contributed by atoms with Crippen molar-refractivity contribution in [2.75, 3.05) is 20.3 Å². The number of carbonyl (C=O) groups is 2. The molecular weight excluding hydrogens is 364 g/mol. The molecule has 2 saturated heterocycles. The second kappa shape index (κ2) is 5.78. The Labute approximate surface area is 164 Å². The van der Waals surface area contributed by atoms with E-state index in [4.69, 9.17) is 14.2 Å². The number of ether oxygens (including phenoxy) is 3. The zero-order valence-corrected chi connectivity index (χ0v) is 16.7. The fourth-order valence-electron chi connectivity index (χ4n) is 7.79. The van der Waals surface area contributed by atoms with Crippen molar-refractivity contribution < 1.29 is 34.0 Å². The molecule has 2 N–H and O–H groups in total. The van der Waals surface area contributed by atoms with E-state index >= 15 is 0 Å². The van der Waals surface area contributed by atoms with Crippen molar-refractivity contribution in [3.63, 3.8) is 0 Å². The van der Waals surface area contributed by atoms with Crippen LogP contribution in [0.25, 0.3) is 0 Å². The molecule has 9 unspecified atom stereocenters. The number of Topliss-reactive ketones (excluding diaryl/α,β-unsaturated/α-hetero) is 1. The van der Waals surface area contributed by atoms with Crippen LogP contribution in [-0.2, 0) is 23.8 Å². The van der Waals surface area contributed by atoms with E-state index in [0.29, 0.717) is 19.4 Å². The Kier molecular flexibility index (Phi) is 3.91. The Hall–Kier alpha value is -1.02. The van der Waals surface area contributed by atoms with E-state index in [-0.39, 0.29) is 30.1 Å². The predicted octanol–water partition coefficient (Wildman–Crippen LogP) is 0.902. The molecule has 156 valence electrons. The summed E-state index contributed by atoms with van der Waals surface area (Å²) < 4.78 is 17.0. The van der Waals surface area contributed by atoms with Crippen molar-refractivity contribution in [2.24, 2.45) is 39.9 Å². The summed E-state index contributed by atoms with van der Waals surface area (Å²) in [5, 5.41) is 21.5. The zero-order chi connectivity index (χ0) is 20.1. The van der Waals surface area contributed by atoms with E-state index in [9.17, 15) is 19.8 Å². The standard InChI is InChI=1S/C21H30O7/c1-19(2)13(22)6-14-21(9-27-17(24)15(19)21)12-5-4-10-7-20(12,18(25)28-14)16(23)11(10)8-26-3/h10-15,17,22,24H,4-9H2,1-3H3. The molecule has 0 aromatic carbocycles. The minimum absolute atomic E-state index is 0.0521. The Morgan fingerprint density at radius 3 is 2.68 bits per heavy atom. The Bertz CT molecular complexity index is 720. The fraction of sp³-hybridized carbons (Fsp3) is 0.905. The first-order valence-corrected chi connectivity index (χ1v) is 10.4. The van der Waals surface area contributed by atoms with Crippen molar-refractivity contribution in [2.45, 2.75) is 58.0 Å². The molecule has 7 nitrogen and oxygen atoms in total. The molecule has 0 aromatic heterocycles. The van der Waals surface area contributed by atoms with Crippen LogP contribution in [0.3, 0.4) is 0 Å². The summed E-state index contributed by atoms with van der Waals surface area (Å²) in [5.74, 6) is -1.25. The summed E-state index contributed by atoms with van der Waals surface area (Å²) in [6.45, 7) is 4.47. The molecule has 5 fully saturated rings. The largest absolute Gasteiger partial charge is 0.461 e. The van der Waals surface area contributed by atoms with Gasteiger partial charge in [0.25, 0.3) is 0 Å². The summed E-state index contributed by atoms with van der Waals surface area (Å²) in [6.07, 6.45) is 0.129. The number of rotatable bonds is 2. The second-order valence-corrected chi connectivity index (χ2v) is 10.3. The Morgan fingerprint density at radius 2 is 1.96 bits per heavy atom. The first-order chi connectivity index (χ1) is 13.2. The van der Waals surface area contributed by atoms with Gasteiger partial charge in [-0.3, -0.25) is 9.59 Å². The van der Waals surface area contributed by atoms with Crippen molar-refractivity contribution >= 4 is 11.8 Å². The predicted molar refractivity (Wildman–Crippen MR) is 95.8 cm³/mol. The molecule has 2 spiro atoms. The second-order valence-electron chi connectivity index (χ2n) is 10.3. The summed E-state index contributed by atoms with van der Waals surface area (Å²) in [4.78, 5) is 26.9. The SMILES string of the molecule is COCC1C(=O)C23CC1CCC2C12COC(O)C1C(C)(C)C(O)CC2OC3=O. The molecule has 9 atom stereocenters. The first-order valence-electron chi connectivity index (χ1n) is 10.4. The minimum atomic E-state index is -1.16. The third kappa shape index (κ3) is 1.94. The molecule has 3 aliphatic carbocycles. The minimum Gasteiger partial charge on any atom is -0.461 e. The molecule has 0 aromatic rings. The van der Waals surface area contributed by atoms with Crippen LogP contribution in [0.1, 0.15) is 39.5 Å². The lowest BCUT2D eigenvalue weighted by molar-refractivity contribution is -0.253. The van der Waals surface area contributed by atoms with Crippen LogP contribution in [0, 0.1) is 39.9 Å². The average Bonchev–Trinajstić information content (AvgIpc) is 3.10. The molecule has 0 radical (unpaired) electrons. The van der Waals surface area contributed by atoms with Crippen molar-refractivity contribution in [3.05, 3.63) is 0 Å². The van der Waals surface area contributed by atoms with Gasteiger partial charge >= 0.3 is 5.97 Å². The number of ketones is 1. The van der Waals surface area contributed by atoms with Crippen molar-refractivity contribution in [1.82, 2.24) is 0 Å². The van der Waals surface area contributed by atoms with E-state index < -0.39 is 46.6 Å². The number of aliphatic hydroxyl groups is 2. The summed E-state index contributed by atoms with van der Waals surface area (Å²) in [7, 11) is 1.58. The zero-order valence-electron chi connectivity index (χ0n) is 16.7. The van der Waals surface area contributed by atoms with Crippen LogP contribution >= 0.6 is 0 Å². The van der Waals surface area contributed by atoms with Crippen LogP contribution in [0.2, 0.25) is 0 Å². The monoisotopic (exact) mass is 394 g/mol. The fourth-order valence-corrected chi connectivity index (χ4v) is 7.79. The number of hydrogen-bond donors (Lipinski definition) is 2. The van der Waals surface area contributed by atoms with Crippen LogP contribution in [0.4, 0.5) is 0 Å². The maximum Gasteiger partial charge on any atom is 0.320 e. The lowest BCUT2D eigenvalue weighted by Gasteiger charge is -2.62. The lowest BCUT2D eigenvalue weighted by Crippen LogP contribution is -2.70. The highest BCUT2D eigenvalue weighted by molar-refractivity contribution is 6.08. The molecule has 2 bridgehead atoms. The van der Waals surface area contributed by atoms with Gasteiger partial charge in [-0.2, -0.15) is 0 Å². The van der Waals surface area contributed by atoms with Gasteiger partial charge in [0.05, 0.1) is 19.3 Å². The van der Waals surface area contributed by atoms with Crippen LogP contribution in [-0.4, -0.2) is 60.8 Å². The van der Waals surface area contributed by atoms with Gasteiger partial charge < -0.3 is 24.4 Å². The maximum absolute atomic E-state index is 13.6. The van der Waals surface area contributed by atoms with Gasteiger partial charge in [-0.25, -0.2) is 0 Å². The highest BCUT2D eigenvalue weighted by Gasteiger charge is 2.78. The summed E-state index contributed by atoms with van der Waals surface area (Å²) >= 11 is 0. The van der Waals surface area contributed by atoms with Crippen LogP contribution in [0.5, 0.6) is 0 Å². The first kappa shape index (κ1) is 19.0. The number of aliphatic hydroxyl groups excluding tert-OH is 2. The summed E-state index contributed by atoms with van der Waals surface area (Å²) in [6, 6.07) is 0. The number of esters is 1. The maximum atomic E-state index is 13.6. The van der Waals surface area contributed by atoms with Gasteiger partial charge in [-0.05, 0) is 36.5 Å². The number of carbonyl (C=O) groups excluding carboxylic acids is 2. The average molecular weight is 394 g/mol. The van der Waals surface area contributed by atoms with Crippen LogP contribution in [0.15, 0.2) is 0 Å². The normalized spacial score (nSPS) is 54.0. The van der Waals surface area contributed by atoms with E-state index in [1.165, 1.54) is 0 Å². The molecule has 2 heterocycles. The number of fused-ring (bicyclic) bond motifs is 1. The van der Waals surface area contributed by atoms with Crippen molar-refractivity contribution in [1.29, 1.82) is 0 Å². The highest BCUT2D eigenvalue weighted by Crippen LogP contribution is 2.71. The van der Waals surface area contributed by atoms with Gasteiger partial charge in [0.15, 0.2) is 12.1 Å². The van der Waals surface area contributed by atoms with Crippen molar-refractivity contribution in [3.8, 4) is 0 Å². The van der Waals surface area contributed by atoms with Gasteiger partial charge in [0.2, 0.25) is 0 Å². The van der Waals surface area contributed by atoms with E-state index in [0.717, 1.165) is 12.8 Å². The van der Waals surface area contributed by atoms with Gasteiger partial charge in [0.1, 0.15) is 11.5 Å². The van der Waals surface area contributed by atoms with E-state index in [1.54, 1.807) is 7.11 Å². The highest BCUT2D eigenvalue weighted by atomic mass is 16.6. The van der Waals surface area contributed by atoms with E-state index in [2.05, 4.69) is 0 Å². The van der Waals surface area contributed by atoms with Gasteiger partial charge in [0, 0.05) is 30.8 Å². The quantitative estimate of drug-likeness (QED) is 0.530. The number of methoxy groups -OCH3 is 1. The number of hydrogen-bond acceptors (Lipinski definition) is 7. The molecule has 3 saturated carbocycles. The van der Waals surface area contributed by atoms with E-state index in [1.807, 2.05) is 13.8 Å². The molecule has 5 aliphatic rings. The van der Waals surface area contributed by atoms with Gasteiger partial charge in [-0.1, -0.05) is 13.8 Å².